The second kappa shape index (κ2) is 2.49. The molecule has 1 heterocycles. The highest BCUT2D eigenvalue weighted by Crippen LogP contribution is 2.41. The molecule has 3 nitrogen and oxygen atoms in total. The predicted octanol–water partition coefficient (Wildman–Crippen LogP) is 0.917. The van der Waals surface area contributed by atoms with Crippen LogP contribution in [0.4, 0.5) is 5.82 Å². The molecule has 1 aliphatic rings. The predicted molar refractivity (Wildman–Crippen MR) is 46.4 cm³/mol. The van der Waals surface area contributed by atoms with E-state index in [1.165, 1.54) is 12.8 Å². The summed E-state index contributed by atoms with van der Waals surface area (Å²) in [5, 5.41) is 7.55. The number of nitrogen functional groups attached to an aromatic ring is 1. The molecule has 60 valence electrons. The highest BCUT2D eigenvalue weighted by atomic mass is 15.1. The summed E-state index contributed by atoms with van der Waals surface area (Å²) in [6.07, 6.45) is 7.58. The maximum absolute atomic E-state index is 5.64. The van der Waals surface area contributed by atoms with E-state index in [1.54, 1.807) is 0 Å². The van der Waals surface area contributed by atoms with E-state index in [-0.39, 0.29) is 0 Å². The monoisotopic (exact) mass is 159 g/mol. The molecule has 2 N–H and O–H groups in total. The van der Waals surface area contributed by atoms with E-state index in [0.717, 1.165) is 5.56 Å². The van der Waals surface area contributed by atoms with Crippen LogP contribution in [-0.2, 0) is 0 Å². The Morgan fingerprint density at radius 3 is 2.83 bits per heavy atom. The minimum atomic E-state index is 0.525. The van der Waals surface area contributed by atoms with Gasteiger partial charge in [-0.15, -0.1) is 16.6 Å². The molecule has 1 aromatic heterocycles. The Hall–Kier alpha value is -1.56. The normalized spacial score (nSPS) is 15.6. The van der Waals surface area contributed by atoms with E-state index < -0.39 is 0 Å². The minimum Gasteiger partial charge on any atom is -0.382 e. The van der Waals surface area contributed by atoms with Gasteiger partial charge in [-0.3, -0.25) is 0 Å². The number of nitrogens with zero attached hydrogens (tertiary/aromatic N) is 2. The molecule has 1 saturated carbocycles. The van der Waals surface area contributed by atoms with Crippen molar-refractivity contribution in [2.24, 2.45) is 0 Å². The third-order valence-corrected chi connectivity index (χ3v) is 2.02. The second-order valence-electron chi connectivity index (χ2n) is 2.99. The average Bonchev–Trinajstić information content (AvgIpc) is 2.88. The van der Waals surface area contributed by atoms with Gasteiger partial charge in [0.2, 0.25) is 0 Å². The van der Waals surface area contributed by atoms with E-state index in [1.807, 2.05) is 6.07 Å². The smallest absolute Gasteiger partial charge is 0.149 e. The van der Waals surface area contributed by atoms with E-state index in [9.17, 15) is 0 Å². The van der Waals surface area contributed by atoms with Crippen molar-refractivity contribution in [2.45, 2.75) is 18.8 Å². The molecule has 0 aliphatic heterocycles. The quantitative estimate of drug-likeness (QED) is 0.620. The zero-order valence-electron chi connectivity index (χ0n) is 6.62. The standard InChI is InChI=1S/C9H9N3/c1-2-7-5-8(6-3-4-6)9(10)12-11-7/h1,5-6H,3-4H2,(H2,10,12). The Bertz CT molecular complexity index is 347. The van der Waals surface area contributed by atoms with Crippen LogP contribution in [0.5, 0.6) is 0 Å². The van der Waals surface area contributed by atoms with Gasteiger partial charge in [-0.05, 0) is 30.7 Å². The first-order valence-corrected chi connectivity index (χ1v) is 3.91. The van der Waals surface area contributed by atoms with Gasteiger partial charge in [0.15, 0.2) is 0 Å². The second-order valence-corrected chi connectivity index (χ2v) is 2.99. The van der Waals surface area contributed by atoms with Crippen molar-refractivity contribution in [3.05, 3.63) is 17.3 Å². The summed E-state index contributed by atoms with van der Waals surface area (Å²) >= 11 is 0. The molecule has 0 aromatic carbocycles. The summed E-state index contributed by atoms with van der Waals surface area (Å²) in [5.74, 6) is 3.55. The van der Waals surface area contributed by atoms with Gasteiger partial charge in [-0.25, -0.2) is 0 Å². The molecular formula is C9H9N3. The van der Waals surface area contributed by atoms with Crippen molar-refractivity contribution in [3.63, 3.8) is 0 Å². The summed E-state index contributed by atoms with van der Waals surface area (Å²) in [5.41, 5.74) is 7.29. The highest BCUT2D eigenvalue weighted by Gasteiger charge is 2.26. The molecule has 1 aromatic rings. The van der Waals surface area contributed by atoms with Crippen molar-refractivity contribution in [1.82, 2.24) is 10.2 Å². The maximum atomic E-state index is 5.64. The van der Waals surface area contributed by atoms with Crippen molar-refractivity contribution >= 4 is 5.82 Å². The van der Waals surface area contributed by atoms with Crippen LogP contribution in [0.15, 0.2) is 6.07 Å². The van der Waals surface area contributed by atoms with Gasteiger partial charge >= 0.3 is 0 Å². The number of hydrogen-bond acceptors (Lipinski definition) is 3. The van der Waals surface area contributed by atoms with Gasteiger partial charge in [-0.1, -0.05) is 0 Å². The summed E-state index contributed by atoms with van der Waals surface area (Å²) in [4.78, 5) is 0. The largest absolute Gasteiger partial charge is 0.382 e. The number of rotatable bonds is 1. The highest BCUT2D eigenvalue weighted by molar-refractivity contribution is 5.45. The fourth-order valence-corrected chi connectivity index (χ4v) is 1.21. The van der Waals surface area contributed by atoms with E-state index >= 15 is 0 Å². The summed E-state index contributed by atoms with van der Waals surface area (Å²) in [6.45, 7) is 0. The third-order valence-electron chi connectivity index (χ3n) is 2.02. The van der Waals surface area contributed by atoms with Gasteiger partial charge in [0.05, 0.1) is 0 Å². The molecular weight excluding hydrogens is 150 g/mol. The molecule has 0 saturated heterocycles. The van der Waals surface area contributed by atoms with E-state index in [0.29, 0.717) is 17.4 Å². The summed E-state index contributed by atoms with van der Waals surface area (Å²) < 4.78 is 0. The van der Waals surface area contributed by atoms with Crippen LogP contribution in [0.1, 0.15) is 30.0 Å². The lowest BCUT2D eigenvalue weighted by Crippen LogP contribution is -2.00. The van der Waals surface area contributed by atoms with E-state index in [4.69, 9.17) is 12.2 Å². The van der Waals surface area contributed by atoms with Gasteiger partial charge in [-0.2, -0.15) is 0 Å². The van der Waals surface area contributed by atoms with E-state index in [2.05, 4.69) is 16.1 Å². The zero-order valence-corrected chi connectivity index (χ0v) is 6.62. The SMILES string of the molecule is C#Cc1cc(C2CC2)c(N)nn1. The first-order chi connectivity index (χ1) is 5.81. The van der Waals surface area contributed by atoms with Gasteiger partial charge in [0.1, 0.15) is 11.5 Å². The van der Waals surface area contributed by atoms with Crippen molar-refractivity contribution in [3.8, 4) is 12.3 Å². The molecule has 0 amide bonds. The number of aromatic nitrogens is 2. The number of nitrogens with two attached hydrogens (primary N) is 1. The first-order valence-electron chi connectivity index (χ1n) is 3.91. The van der Waals surface area contributed by atoms with Crippen LogP contribution in [0, 0.1) is 12.3 Å². The first kappa shape index (κ1) is 7.11. The fraction of sp³-hybridized carbons (Fsp3) is 0.333. The molecule has 1 aliphatic carbocycles. The molecule has 0 unspecified atom stereocenters. The summed E-state index contributed by atoms with van der Waals surface area (Å²) in [6, 6.07) is 1.86. The molecule has 1 fully saturated rings. The molecule has 0 atom stereocenters. The van der Waals surface area contributed by atoms with Crippen LogP contribution in [0.25, 0.3) is 0 Å². The Kier molecular flexibility index (Phi) is 1.47. The Morgan fingerprint density at radius 2 is 2.25 bits per heavy atom. The number of hydrogen-bond donors (Lipinski definition) is 1. The van der Waals surface area contributed by atoms with Crippen LogP contribution in [-0.4, -0.2) is 10.2 Å². The van der Waals surface area contributed by atoms with Gasteiger partial charge in [0, 0.05) is 5.56 Å². The fourth-order valence-electron chi connectivity index (χ4n) is 1.21. The lowest BCUT2D eigenvalue weighted by Gasteiger charge is -2.00. The third kappa shape index (κ3) is 1.12. The van der Waals surface area contributed by atoms with Gasteiger partial charge in [0.25, 0.3) is 0 Å². The Morgan fingerprint density at radius 1 is 1.50 bits per heavy atom. The molecule has 3 heteroatoms. The Labute approximate surface area is 71.0 Å². The lowest BCUT2D eigenvalue weighted by atomic mass is 10.1. The van der Waals surface area contributed by atoms with Crippen LogP contribution in [0.3, 0.4) is 0 Å². The van der Waals surface area contributed by atoms with Crippen molar-refractivity contribution < 1.29 is 0 Å². The molecule has 12 heavy (non-hydrogen) atoms. The van der Waals surface area contributed by atoms with Gasteiger partial charge < -0.3 is 5.73 Å². The van der Waals surface area contributed by atoms with Crippen molar-refractivity contribution in [2.75, 3.05) is 5.73 Å². The average molecular weight is 159 g/mol. The maximum Gasteiger partial charge on any atom is 0.149 e. The van der Waals surface area contributed by atoms with Crippen molar-refractivity contribution in [1.29, 1.82) is 0 Å². The van der Waals surface area contributed by atoms with Crippen LogP contribution < -0.4 is 5.73 Å². The summed E-state index contributed by atoms with van der Waals surface area (Å²) in [7, 11) is 0. The number of anilines is 1. The molecule has 2 rings (SSSR count). The van der Waals surface area contributed by atoms with Crippen LogP contribution in [0.2, 0.25) is 0 Å². The number of terminal acetylenes is 1. The Balaban J connectivity index is 2.44. The molecule has 0 radical (unpaired) electrons. The lowest BCUT2D eigenvalue weighted by molar-refractivity contribution is 0.978. The zero-order chi connectivity index (χ0) is 8.55. The molecule has 0 bridgehead atoms. The topological polar surface area (TPSA) is 51.8 Å². The molecule has 0 spiro atoms. The van der Waals surface area contributed by atoms with Crippen LogP contribution >= 0.6 is 0 Å². The minimum absolute atomic E-state index is 0.525.